The Balaban J connectivity index is 2.38. The predicted octanol–water partition coefficient (Wildman–Crippen LogP) is 3.64. The highest BCUT2D eigenvalue weighted by molar-refractivity contribution is 6.42. The molecule has 0 atom stereocenters. The molecule has 3 N–H and O–H groups in total. The average molecular weight is 354 g/mol. The molecule has 23 heavy (non-hydrogen) atoms. The Kier molecular flexibility index (Phi) is 4.88. The van der Waals surface area contributed by atoms with Gasteiger partial charge < -0.3 is 15.5 Å². The molecule has 118 valence electrons. The van der Waals surface area contributed by atoms with Crippen molar-refractivity contribution in [2.45, 2.75) is 0 Å². The van der Waals surface area contributed by atoms with Crippen LogP contribution in [0.4, 0.5) is 5.69 Å². The maximum absolute atomic E-state index is 12.3. The van der Waals surface area contributed by atoms with Gasteiger partial charge in [-0.15, -0.1) is 0 Å². The van der Waals surface area contributed by atoms with Gasteiger partial charge in [-0.1, -0.05) is 29.3 Å². The Labute approximate surface area is 140 Å². The molecule has 0 radical (unpaired) electrons. The monoisotopic (exact) mass is 353 g/mol. The Morgan fingerprint density at radius 2 is 1.48 bits per heavy atom. The summed E-state index contributed by atoms with van der Waals surface area (Å²) in [6.07, 6.45) is 0. The van der Waals surface area contributed by atoms with Crippen molar-refractivity contribution in [2.24, 2.45) is 0 Å². The molecular weight excluding hydrogens is 345 g/mol. The molecule has 0 unspecified atom stereocenters. The van der Waals surface area contributed by atoms with Crippen LogP contribution in [0.15, 0.2) is 36.4 Å². The van der Waals surface area contributed by atoms with Gasteiger partial charge in [0.25, 0.3) is 5.91 Å². The molecule has 8 heteroatoms. The summed E-state index contributed by atoms with van der Waals surface area (Å²) < 4.78 is 0. The van der Waals surface area contributed by atoms with Gasteiger partial charge in [0.2, 0.25) is 0 Å². The lowest BCUT2D eigenvalue weighted by molar-refractivity contribution is 0.0685. The first-order chi connectivity index (χ1) is 10.8. The molecule has 0 aliphatic heterocycles. The molecule has 0 saturated heterocycles. The fourth-order valence-electron chi connectivity index (χ4n) is 1.84. The molecule has 6 nitrogen and oxygen atoms in total. The van der Waals surface area contributed by atoms with Crippen molar-refractivity contribution >= 4 is 46.7 Å². The van der Waals surface area contributed by atoms with Crippen LogP contribution in [0.25, 0.3) is 0 Å². The van der Waals surface area contributed by atoms with E-state index in [2.05, 4.69) is 5.32 Å². The summed E-state index contributed by atoms with van der Waals surface area (Å²) in [6, 6.07) is 7.75. The number of hydrogen-bond acceptors (Lipinski definition) is 3. The van der Waals surface area contributed by atoms with Gasteiger partial charge in [-0.05, 0) is 30.3 Å². The topological polar surface area (TPSA) is 104 Å². The summed E-state index contributed by atoms with van der Waals surface area (Å²) in [4.78, 5) is 34.4. The van der Waals surface area contributed by atoms with Crippen LogP contribution in [0.2, 0.25) is 10.0 Å². The van der Waals surface area contributed by atoms with E-state index in [0.29, 0.717) is 0 Å². The van der Waals surface area contributed by atoms with Crippen molar-refractivity contribution in [1.82, 2.24) is 0 Å². The number of aromatic carboxylic acids is 2. The van der Waals surface area contributed by atoms with Crippen molar-refractivity contribution in [3.05, 3.63) is 63.1 Å². The highest BCUT2D eigenvalue weighted by Gasteiger charge is 2.19. The van der Waals surface area contributed by atoms with Crippen LogP contribution < -0.4 is 5.32 Å². The van der Waals surface area contributed by atoms with Crippen molar-refractivity contribution in [2.75, 3.05) is 5.32 Å². The third kappa shape index (κ3) is 3.80. The zero-order chi connectivity index (χ0) is 17.1. The number of halogens is 2. The van der Waals surface area contributed by atoms with E-state index in [1.54, 1.807) is 0 Å². The first kappa shape index (κ1) is 16.8. The molecule has 0 aromatic heterocycles. The van der Waals surface area contributed by atoms with Crippen LogP contribution in [0.3, 0.4) is 0 Å². The highest BCUT2D eigenvalue weighted by Crippen LogP contribution is 2.27. The molecule has 2 rings (SSSR count). The molecule has 2 aromatic carbocycles. The average Bonchev–Trinajstić information content (AvgIpc) is 2.49. The molecule has 0 aliphatic carbocycles. The standard InChI is InChI=1S/C15H9Cl2NO5/c16-11-5-9(10(15(22)23)6-12(11)17)13(19)18-8-3-1-2-7(4-8)14(20)21/h1-6H,(H,18,19)(H,20,21)(H,22,23). The van der Waals surface area contributed by atoms with Crippen LogP contribution in [-0.2, 0) is 0 Å². The molecule has 0 bridgehead atoms. The minimum Gasteiger partial charge on any atom is -0.478 e. The lowest BCUT2D eigenvalue weighted by atomic mass is 10.1. The van der Waals surface area contributed by atoms with Gasteiger partial charge in [-0.3, -0.25) is 4.79 Å². The number of hydrogen-bond donors (Lipinski definition) is 3. The molecule has 0 aliphatic rings. The molecule has 0 saturated carbocycles. The zero-order valence-corrected chi connectivity index (χ0v) is 12.9. The van der Waals surface area contributed by atoms with E-state index in [1.807, 2.05) is 0 Å². The number of rotatable bonds is 4. The van der Waals surface area contributed by atoms with Gasteiger partial charge in [-0.25, -0.2) is 9.59 Å². The van der Waals surface area contributed by atoms with E-state index in [4.69, 9.17) is 33.4 Å². The Morgan fingerprint density at radius 3 is 2.04 bits per heavy atom. The smallest absolute Gasteiger partial charge is 0.336 e. The van der Waals surface area contributed by atoms with Crippen LogP contribution in [0.5, 0.6) is 0 Å². The number of amides is 1. The van der Waals surface area contributed by atoms with Crippen LogP contribution in [0, 0.1) is 0 Å². The fraction of sp³-hybridized carbons (Fsp3) is 0. The number of nitrogens with one attached hydrogen (secondary N) is 1. The van der Waals surface area contributed by atoms with Crippen molar-refractivity contribution in [3.63, 3.8) is 0 Å². The van der Waals surface area contributed by atoms with Crippen molar-refractivity contribution in [1.29, 1.82) is 0 Å². The number of carboxylic acids is 2. The molecule has 1 amide bonds. The van der Waals surface area contributed by atoms with Crippen LogP contribution in [-0.4, -0.2) is 28.1 Å². The van der Waals surface area contributed by atoms with Crippen molar-refractivity contribution < 1.29 is 24.6 Å². The van der Waals surface area contributed by atoms with Gasteiger partial charge in [0, 0.05) is 5.69 Å². The van der Waals surface area contributed by atoms with E-state index in [-0.39, 0.29) is 32.4 Å². The predicted molar refractivity (Wildman–Crippen MR) is 84.8 cm³/mol. The number of carbonyl (C=O) groups excluding carboxylic acids is 1. The molecular formula is C15H9Cl2NO5. The Hall–Kier alpha value is -2.57. The summed E-state index contributed by atoms with van der Waals surface area (Å²) in [5.74, 6) is -3.24. The number of carbonyl (C=O) groups is 3. The minimum atomic E-state index is -1.34. The summed E-state index contributed by atoms with van der Waals surface area (Å²) in [5, 5.41) is 20.5. The third-order valence-electron chi connectivity index (χ3n) is 2.90. The quantitative estimate of drug-likeness (QED) is 0.778. The number of anilines is 1. The van der Waals surface area contributed by atoms with Crippen molar-refractivity contribution in [3.8, 4) is 0 Å². The summed E-state index contributed by atoms with van der Waals surface area (Å²) >= 11 is 11.6. The molecule has 0 heterocycles. The van der Waals surface area contributed by atoms with E-state index in [0.717, 1.165) is 12.1 Å². The fourth-order valence-corrected chi connectivity index (χ4v) is 2.17. The first-order valence-corrected chi connectivity index (χ1v) is 6.92. The van der Waals surface area contributed by atoms with Gasteiger partial charge in [0.1, 0.15) is 0 Å². The van der Waals surface area contributed by atoms with E-state index < -0.39 is 17.8 Å². The van der Waals surface area contributed by atoms with E-state index >= 15 is 0 Å². The van der Waals surface area contributed by atoms with E-state index in [1.165, 1.54) is 24.3 Å². The van der Waals surface area contributed by atoms with Gasteiger partial charge in [0.15, 0.2) is 0 Å². The maximum atomic E-state index is 12.3. The second-order valence-corrected chi connectivity index (χ2v) is 5.27. The van der Waals surface area contributed by atoms with E-state index in [9.17, 15) is 14.4 Å². The Bertz CT molecular complexity index is 820. The van der Waals surface area contributed by atoms with Gasteiger partial charge in [0.05, 0.1) is 26.7 Å². The highest BCUT2D eigenvalue weighted by atomic mass is 35.5. The number of benzene rings is 2. The molecule has 0 spiro atoms. The Morgan fingerprint density at radius 1 is 0.870 bits per heavy atom. The SMILES string of the molecule is O=C(O)c1cccc(NC(=O)c2cc(Cl)c(Cl)cc2C(=O)O)c1. The normalized spacial score (nSPS) is 10.2. The zero-order valence-electron chi connectivity index (χ0n) is 11.3. The molecule has 0 fully saturated rings. The second-order valence-electron chi connectivity index (χ2n) is 4.46. The van der Waals surface area contributed by atoms with Gasteiger partial charge >= 0.3 is 11.9 Å². The summed E-state index contributed by atoms with van der Waals surface area (Å²) in [7, 11) is 0. The third-order valence-corrected chi connectivity index (χ3v) is 3.63. The number of carboxylic acid groups (broad SMARTS) is 2. The molecule has 2 aromatic rings. The summed E-state index contributed by atoms with van der Waals surface area (Å²) in [6.45, 7) is 0. The minimum absolute atomic E-state index is 0.00786. The van der Waals surface area contributed by atoms with Gasteiger partial charge in [-0.2, -0.15) is 0 Å². The van der Waals surface area contributed by atoms with Crippen LogP contribution >= 0.6 is 23.2 Å². The summed E-state index contributed by atoms with van der Waals surface area (Å²) in [5.41, 5.74) is -0.313. The first-order valence-electron chi connectivity index (χ1n) is 6.16. The lowest BCUT2D eigenvalue weighted by Gasteiger charge is -2.10. The second kappa shape index (κ2) is 6.68. The lowest BCUT2D eigenvalue weighted by Crippen LogP contribution is -2.17. The van der Waals surface area contributed by atoms with Crippen LogP contribution in [0.1, 0.15) is 31.1 Å². The maximum Gasteiger partial charge on any atom is 0.336 e. The largest absolute Gasteiger partial charge is 0.478 e.